The maximum absolute atomic E-state index is 11.1. The zero-order chi connectivity index (χ0) is 11.5. The maximum Gasteiger partial charge on any atom is 0.234 e. The van der Waals surface area contributed by atoms with E-state index in [4.69, 9.17) is 0 Å². The van der Waals surface area contributed by atoms with Gasteiger partial charge in [0.05, 0.1) is 10.6 Å². The van der Waals surface area contributed by atoms with Gasteiger partial charge in [0.15, 0.2) is 9.84 Å². The van der Waals surface area contributed by atoms with Crippen molar-refractivity contribution in [3.05, 3.63) is 24.3 Å². The Morgan fingerprint density at radius 3 is 2.27 bits per heavy atom. The minimum atomic E-state index is -3.18. The number of hydrogen-bond donors (Lipinski definition) is 2. The second-order valence-corrected chi connectivity index (χ2v) is 5.33. The number of rotatable bonds is 3. The van der Waals surface area contributed by atoms with Crippen molar-refractivity contribution in [1.82, 2.24) is 0 Å². The van der Waals surface area contributed by atoms with E-state index in [9.17, 15) is 13.2 Å². The topological polar surface area (TPSA) is 63.2 Å². The second-order valence-electron chi connectivity index (χ2n) is 3.00. The molecule has 82 valence electrons. The monoisotopic (exact) mass is 245 g/mol. The molecule has 1 aromatic rings. The summed E-state index contributed by atoms with van der Waals surface area (Å²) in [6, 6.07) is 5.97. The van der Waals surface area contributed by atoms with Crippen LogP contribution in [0.15, 0.2) is 29.2 Å². The molecule has 1 N–H and O–H groups in total. The molecule has 0 bridgehead atoms. The highest BCUT2D eigenvalue weighted by Gasteiger charge is 2.06. The molecule has 6 heteroatoms. The van der Waals surface area contributed by atoms with Crippen molar-refractivity contribution in [3.63, 3.8) is 0 Å². The summed E-state index contributed by atoms with van der Waals surface area (Å²) < 4.78 is 22.2. The predicted octanol–water partition coefficient (Wildman–Crippen LogP) is 0.958. The van der Waals surface area contributed by atoms with Crippen molar-refractivity contribution in [3.8, 4) is 0 Å². The minimum Gasteiger partial charge on any atom is -0.325 e. The summed E-state index contributed by atoms with van der Waals surface area (Å²) in [5, 5.41) is 2.56. The third-order valence-corrected chi connectivity index (χ3v) is 3.13. The SMILES string of the molecule is CS(=O)(=O)c1ccc(NC(=O)CS)cc1. The lowest BCUT2D eigenvalue weighted by atomic mass is 10.3. The van der Waals surface area contributed by atoms with Gasteiger partial charge in [-0.05, 0) is 24.3 Å². The van der Waals surface area contributed by atoms with E-state index in [0.29, 0.717) is 5.69 Å². The third kappa shape index (κ3) is 3.56. The number of carbonyl (C=O) groups excluding carboxylic acids is 1. The molecule has 0 radical (unpaired) electrons. The molecule has 0 atom stereocenters. The van der Waals surface area contributed by atoms with Crippen molar-refractivity contribution in [2.24, 2.45) is 0 Å². The normalized spacial score (nSPS) is 11.1. The molecule has 0 aliphatic heterocycles. The first-order chi connectivity index (χ1) is 6.93. The van der Waals surface area contributed by atoms with Gasteiger partial charge < -0.3 is 5.32 Å². The summed E-state index contributed by atoms with van der Waals surface area (Å²) in [6.07, 6.45) is 1.13. The van der Waals surface area contributed by atoms with Gasteiger partial charge in [-0.2, -0.15) is 12.6 Å². The van der Waals surface area contributed by atoms with Crippen molar-refractivity contribution in [2.45, 2.75) is 4.90 Å². The fourth-order valence-corrected chi connectivity index (χ4v) is 1.70. The number of benzene rings is 1. The Hall–Kier alpha value is -1.01. The molecule has 1 rings (SSSR count). The van der Waals surface area contributed by atoms with Crippen LogP contribution in [0, 0.1) is 0 Å². The molecule has 0 aliphatic rings. The smallest absolute Gasteiger partial charge is 0.234 e. The van der Waals surface area contributed by atoms with E-state index in [1.54, 1.807) is 0 Å². The number of carbonyl (C=O) groups is 1. The Morgan fingerprint density at radius 2 is 1.87 bits per heavy atom. The van der Waals surface area contributed by atoms with Gasteiger partial charge in [0.2, 0.25) is 5.91 Å². The Kier molecular flexibility index (Phi) is 3.76. The highest BCUT2D eigenvalue weighted by molar-refractivity contribution is 7.90. The van der Waals surface area contributed by atoms with Gasteiger partial charge in [0.1, 0.15) is 0 Å². The summed E-state index contributed by atoms with van der Waals surface area (Å²) >= 11 is 3.80. The van der Waals surface area contributed by atoms with Crippen molar-refractivity contribution in [1.29, 1.82) is 0 Å². The van der Waals surface area contributed by atoms with Crippen LogP contribution in [0.1, 0.15) is 0 Å². The lowest BCUT2D eigenvalue weighted by molar-refractivity contribution is -0.113. The lowest BCUT2D eigenvalue weighted by Crippen LogP contribution is -2.12. The highest BCUT2D eigenvalue weighted by atomic mass is 32.2. The van der Waals surface area contributed by atoms with Crippen LogP contribution >= 0.6 is 12.6 Å². The van der Waals surface area contributed by atoms with Gasteiger partial charge in [0.25, 0.3) is 0 Å². The van der Waals surface area contributed by atoms with Crippen LogP contribution in [-0.4, -0.2) is 26.3 Å². The first-order valence-electron chi connectivity index (χ1n) is 4.14. The summed E-state index contributed by atoms with van der Waals surface area (Å²) in [5.74, 6) is -0.140. The molecule has 0 saturated carbocycles. The van der Waals surface area contributed by atoms with Crippen LogP contribution < -0.4 is 5.32 Å². The van der Waals surface area contributed by atoms with Gasteiger partial charge >= 0.3 is 0 Å². The zero-order valence-electron chi connectivity index (χ0n) is 8.10. The lowest BCUT2D eigenvalue weighted by Gasteiger charge is -2.03. The molecule has 15 heavy (non-hydrogen) atoms. The van der Waals surface area contributed by atoms with Crippen molar-refractivity contribution < 1.29 is 13.2 Å². The summed E-state index contributed by atoms with van der Waals surface area (Å²) in [7, 11) is -3.18. The van der Waals surface area contributed by atoms with Crippen LogP contribution in [-0.2, 0) is 14.6 Å². The van der Waals surface area contributed by atoms with Gasteiger partial charge in [0, 0.05) is 11.9 Å². The van der Waals surface area contributed by atoms with E-state index in [0.717, 1.165) is 6.26 Å². The molecule has 0 aliphatic carbocycles. The van der Waals surface area contributed by atoms with Crippen LogP contribution in [0.4, 0.5) is 5.69 Å². The largest absolute Gasteiger partial charge is 0.325 e. The van der Waals surface area contributed by atoms with E-state index < -0.39 is 9.84 Å². The van der Waals surface area contributed by atoms with Crippen LogP contribution in [0.3, 0.4) is 0 Å². The third-order valence-electron chi connectivity index (χ3n) is 1.71. The van der Waals surface area contributed by atoms with Crippen molar-refractivity contribution >= 4 is 34.1 Å². The standard InChI is InChI=1S/C9H11NO3S2/c1-15(12,13)8-4-2-7(3-5-8)10-9(11)6-14/h2-5,14H,6H2,1H3,(H,10,11). The summed E-state index contributed by atoms with van der Waals surface area (Å²) in [6.45, 7) is 0. The number of nitrogens with one attached hydrogen (secondary N) is 1. The van der Waals surface area contributed by atoms with Crippen LogP contribution in [0.5, 0.6) is 0 Å². The summed E-state index contributed by atoms with van der Waals surface area (Å²) in [5.41, 5.74) is 0.557. The van der Waals surface area contributed by atoms with Gasteiger partial charge in [-0.1, -0.05) is 0 Å². The van der Waals surface area contributed by atoms with Crippen LogP contribution in [0.2, 0.25) is 0 Å². The molecule has 1 amide bonds. The zero-order valence-corrected chi connectivity index (χ0v) is 9.81. The second kappa shape index (κ2) is 4.67. The van der Waals surface area contributed by atoms with Gasteiger partial charge in [-0.25, -0.2) is 8.42 Å². The number of hydrogen-bond acceptors (Lipinski definition) is 4. The maximum atomic E-state index is 11.1. The first-order valence-corrected chi connectivity index (χ1v) is 6.66. The fourth-order valence-electron chi connectivity index (χ4n) is 0.986. The van der Waals surface area contributed by atoms with E-state index in [1.165, 1.54) is 24.3 Å². The first kappa shape index (κ1) is 12.1. The van der Waals surface area contributed by atoms with Crippen LogP contribution in [0.25, 0.3) is 0 Å². The molecule has 0 spiro atoms. The highest BCUT2D eigenvalue weighted by Crippen LogP contribution is 2.13. The molecule has 0 aromatic heterocycles. The number of thiol groups is 1. The average molecular weight is 245 g/mol. The molecule has 0 fully saturated rings. The molecule has 0 heterocycles. The van der Waals surface area contributed by atoms with Gasteiger partial charge in [-0.15, -0.1) is 0 Å². The molecule has 0 saturated heterocycles. The molecular weight excluding hydrogens is 234 g/mol. The number of sulfone groups is 1. The van der Waals surface area contributed by atoms with Gasteiger partial charge in [-0.3, -0.25) is 4.79 Å². The Morgan fingerprint density at radius 1 is 1.33 bits per heavy atom. The number of amides is 1. The summed E-state index contributed by atoms with van der Waals surface area (Å²) in [4.78, 5) is 11.2. The Bertz CT molecular complexity index is 451. The quantitative estimate of drug-likeness (QED) is 0.780. The predicted molar refractivity (Wildman–Crippen MR) is 62.0 cm³/mol. The van der Waals surface area contributed by atoms with E-state index >= 15 is 0 Å². The molecular formula is C9H11NO3S2. The Balaban J connectivity index is 2.86. The minimum absolute atomic E-state index is 0.0911. The number of anilines is 1. The average Bonchev–Trinajstić information content (AvgIpc) is 2.17. The van der Waals surface area contributed by atoms with E-state index in [-0.39, 0.29) is 16.6 Å². The molecule has 1 aromatic carbocycles. The van der Waals surface area contributed by atoms with Crippen molar-refractivity contribution in [2.75, 3.05) is 17.3 Å². The van der Waals surface area contributed by atoms with E-state index in [1.807, 2.05) is 0 Å². The Labute approximate surface area is 94.0 Å². The molecule has 0 unspecified atom stereocenters. The van der Waals surface area contributed by atoms with E-state index in [2.05, 4.69) is 17.9 Å². The fraction of sp³-hybridized carbons (Fsp3) is 0.222. The molecule has 4 nitrogen and oxygen atoms in total.